The van der Waals surface area contributed by atoms with Crippen molar-refractivity contribution in [3.63, 3.8) is 0 Å². The zero-order valence-corrected chi connectivity index (χ0v) is 17.3. The van der Waals surface area contributed by atoms with E-state index in [1.165, 1.54) is 66.4 Å². The molecule has 2 heteroatoms. The molecule has 1 aliphatic rings. The molecule has 0 unspecified atom stereocenters. The first kappa shape index (κ1) is 19.9. The van der Waals surface area contributed by atoms with Gasteiger partial charge in [-0.15, -0.1) is 0 Å². The first-order valence-electron chi connectivity index (χ1n) is 10.8. The molecule has 0 amide bonds. The van der Waals surface area contributed by atoms with Gasteiger partial charge in [0.05, 0.1) is 13.1 Å². The molecule has 2 aromatic rings. The van der Waals surface area contributed by atoms with Gasteiger partial charge in [0, 0.05) is 5.56 Å². The van der Waals surface area contributed by atoms with E-state index in [0.29, 0.717) is 0 Å². The van der Waals surface area contributed by atoms with E-state index in [0.717, 1.165) is 31.9 Å². The molecule has 0 spiro atoms. The van der Waals surface area contributed by atoms with Crippen LogP contribution in [0.25, 0.3) is 0 Å². The van der Waals surface area contributed by atoms with Crippen molar-refractivity contribution in [2.75, 3.05) is 26.2 Å². The fraction of sp³-hybridized carbons (Fsp3) is 0.520. The van der Waals surface area contributed by atoms with Crippen LogP contribution >= 0.6 is 0 Å². The molecule has 0 aromatic heterocycles. The summed E-state index contributed by atoms with van der Waals surface area (Å²) in [6.45, 7) is 10.00. The maximum Gasteiger partial charge on any atom is 0.137 e. The SMILES string of the molecule is CCc1cccc(C)c1OCC[N+]1(Cc2ccccc2)CCCCCCC1. The molecule has 0 bridgehead atoms. The zero-order chi connectivity index (χ0) is 19.0. The predicted molar refractivity (Wildman–Crippen MR) is 114 cm³/mol. The summed E-state index contributed by atoms with van der Waals surface area (Å²) in [6.07, 6.45) is 7.89. The standard InChI is InChI=1S/C25H36NO/c1-3-24-16-12-13-22(2)25(24)27-20-19-26(17-10-5-4-6-11-18-26)21-23-14-8-7-9-15-23/h7-9,12-16H,3-6,10-11,17-21H2,1-2H3/q+1. The van der Waals surface area contributed by atoms with E-state index in [2.05, 4.69) is 62.4 Å². The van der Waals surface area contributed by atoms with Crippen LogP contribution in [0.1, 0.15) is 55.7 Å². The smallest absolute Gasteiger partial charge is 0.137 e. The van der Waals surface area contributed by atoms with Gasteiger partial charge in [-0.3, -0.25) is 0 Å². The van der Waals surface area contributed by atoms with E-state index in [9.17, 15) is 0 Å². The van der Waals surface area contributed by atoms with Crippen molar-refractivity contribution in [1.29, 1.82) is 0 Å². The number of rotatable bonds is 7. The summed E-state index contributed by atoms with van der Waals surface area (Å²) < 4.78 is 7.56. The van der Waals surface area contributed by atoms with E-state index >= 15 is 0 Å². The summed E-state index contributed by atoms with van der Waals surface area (Å²) in [5, 5.41) is 0. The maximum atomic E-state index is 6.38. The number of ether oxygens (including phenoxy) is 1. The highest BCUT2D eigenvalue weighted by Gasteiger charge is 2.28. The minimum Gasteiger partial charge on any atom is -0.487 e. The highest BCUT2D eigenvalue weighted by Crippen LogP contribution is 2.26. The van der Waals surface area contributed by atoms with Crippen molar-refractivity contribution in [2.24, 2.45) is 0 Å². The van der Waals surface area contributed by atoms with Gasteiger partial charge in [0.15, 0.2) is 0 Å². The fourth-order valence-corrected chi connectivity index (χ4v) is 4.51. The van der Waals surface area contributed by atoms with Crippen molar-refractivity contribution < 1.29 is 9.22 Å². The van der Waals surface area contributed by atoms with Crippen LogP contribution in [0.15, 0.2) is 48.5 Å². The van der Waals surface area contributed by atoms with Gasteiger partial charge in [-0.2, -0.15) is 0 Å². The summed E-state index contributed by atoms with van der Waals surface area (Å²) in [4.78, 5) is 0. The Morgan fingerprint density at radius 1 is 0.852 bits per heavy atom. The Hall–Kier alpha value is -1.80. The van der Waals surface area contributed by atoms with Crippen molar-refractivity contribution in [3.05, 3.63) is 65.2 Å². The Morgan fingerprint density at radius 2 is 1.56 bits per heavy atom. The van der Waals surface area contributed by atoms with E-state index < -0.39 is 0 Å². The molecule has 2 nitrogen and oxygen atoms in total. The van der Waals surface area contributed by atoms with Crippen LogP contribution in [0.3, 0.4) is 0 Å². The lowest BCUT2D eigenvalue weighted by atomic mass is 10.0. The van der Waals surface area contributed by atoms with Gasteiger partial charge in [0.25, 0.3) is 0 Å². The van der Waals surface area contributed by atoms with E-state index in [1.807, 2.05) is 0 Å². The number of benzene rings is 2. The summed E-state index contributed by atoms with van der Waals surface area (Å²) in [5.41, 5.74) is 4.05. The van der Waals surface area contributed by atoms with Gasteiger partial charge in [0.2, 0.25) is 0 Å². The van der Waals surface area contributed by atoms with Crippen molar-refractivity contribution >= 4 is 0 Å². The molecule has 0 saturated carbocycles. The fourth-order valence-electron chi connectivity index (χ4n) is 4.51. The number of nitrogens with zero attached hydrogens (tertiary/aromatic N) is 1. The number of para-hydroxylation sites is 1. The molecular weight excluding hydrogens is 330 g/mol. The molecule has 1 fully saturated rings. The zero-order valence-electron chi connectivity index (χ0n) is 17.3. The normalized spacial score (nSPS) is 17.1. The summed E-state index contributed by atoms with van der Waals surface area (Å²) in [5.74, 6) is 1.12. The average Bonchev–Trinajstić information content (AvgIpc) is 2.67. The van der Waals surface area contributed by atoms with E-state index in [-0.39, 0.29) is 0 Å². The van der Waals surface area contributed by atoms with Crippen LogP contribution in [-0.2, 0) is 13.0 Å². The van der Waals surface area contributed by atoms with Gasteiger partial charge < -0.3 is 9.22 Å². The number of quaternary nitrogens is 1. The predicted octanol–water partition coefficient (Wildman–Crippen LogP) is 5.92. The third kappa shape index (κ3) is 5.59. The third-order valence-electron chi connectivity index (χ3n) is 6.11. The van der Waals surface area contributed by atoms with Gasteiger partial charge in [-0.25, -0.2) is 0 Å². The Kier molecular flexibility index (Phi) is 7.34. The lowest BCUT2D eigenvalue weighted by Crippen LogP contribution is -2.51. The quantitative estimate of drug-likeness (QED) is 0.553. The van der Waals surface area contributed by atoms with Crippen molar-refractivity contribution in [1.82, 2.24) is 0 Å². The van der Waals surface area contributed by atoms with Crippen LogP contribution in [0.5, 0.6) is 5.75 Å². The molecule has 1 saturated heterocycles. The van der Waals surface area contributed by atoms with Gasteiger partial charge in [-0.05, 0) is 50.2 Å². The van der Waals surface area contributed by atoms with Crippen molar-refractivity contribution in [3.8, 4) is 5.75 Å². The van der Waals surface area contributed by atoms with Crippen LogP contribution in [-0.4, -0.2) is 30.7 Å². The molecule has 1 aliphatic heterocycles. The third-order valence-corrected chi connectivity index (χ3v) is 6.11. The summed E-state index contributed by atoms with van der Waals surface area (Å²) in [7, 11) is 0. The van der Waals surface area contributed by atoms with Crippen LogP contribution < -0.4 is 4.74 Å². The van der Waals surface area contributed by atoms with Crippen LogP contribution in [0.4, 0.5) is 0 Å². The monoisotopic (exact) mass is 366 g/mol. The Bertz CT molecular complexity index is 687. The molecule has 0 aliphatic carbocycles. The van der Waals surface area contributed by atoms with Crippen LogP contribution in [0.2, 0.25) is 0 Å². The second kappa shape index (κ2) is 9.94. The Labute approximate surface area is 165 Å². The average molecular weight is 367 g/mol. The number of likely N-dealkylation sites (tertiary alicyclic amines) is 1. The lowest BCUT2D eigenvalue weighted by molar-refractivity contribution is -0.941. The molecule has 27 heavy (non-hydrogen) atoms. The summed E-state index contributed by atoms with van der Waals surface area (Å²) in [6, 6.07) is 17.6. The van der Waals surface area contributed by atoms with Gasteiger partial charge in [0.1, 0.15) is 25.4 Å². The minimum absolute atomic E-state index is 0.810. The topological polar surface area (TPSA) is 9.23 Å². The largest absolute Gasteiger partial charge is 0.487 e. The Morgan fingerprint density at radius 3 is 2.26 bits per heavy atom. The van der Waals surface area contributed by atoms with E-state index in [4.69, 9.17) is 4.74 Å². The number of aryl methyl sites for hydroxylation is 2. The minimum atomic E-state index is 0.810. The highest BCUT2D eigenvalue weighted by molar-refractivity contribution is 5.40. The molecule has 0 radical (unpaired) electrons. The maximum absolute atomic E-state index is 6.38. The van der Waals surface area contributed by atoms with Gasteiger partial charge in [-0.1, -0.05) is 61.9 Å². The lowest BCUT2D eigenvalue weighted by Gasteiger charge is -2.40. The molecule has 3 rings (SSSR count). The molecule has 146 valence electrons. The number of hydrogen-bond acceptors (Lipinski definition) is 1. The first-order valence-corrected chi connectivity index (χ1v) is 10.8. The van der Waals surface area contributed by atoms with Crippen LogP contribution in [0, 0.1) is 6.92 Å². The van der Waals surface area contributed by atoms with Crippen molar-refractivity contribution in [2.45, 2.75) is 58.9 Å². The molecular formula is C25H36NO+. The molecule has 0 atom stereocenters. The summed E-state index contributed by atoms with van der Waals surface area (Å²) >= 11 is 0. The van der Waals surface area contributed by atoms with E-state index in [1.54, 1.807) is 0 Å². The number of hydrogen-bond donors (Lipinski definition) is 0. The first-order chi connectivity index (χ1) is 13.2. The highest BCUT2D eigenvalue weighted by atomic mass is 16.5. The Balaban J connectivity index is 1.71. The molecule has 2 aromatic carbocycles. The second-order valence-corrected chi connectivity index (χ2v) is 8.19. The second-order valence-electron chi connectivity index (χ2n) is 8.19. The van der Waals surface area contributed by atoms with Gasteiger partial charge >= 0.3 is 0 Å². The molecule has 0 N–H and O–H groups in total. The molecule has 1 heterocycles.